The van der Waals surface area contributed by atoms with E-state index in [0.29, 0.717) is 27.9 Å². The lowest BCUT2D eigenvalue weighted by Crippen LogP contribution is -2.42. The molecule has 2 N–H and O–H groups in total. The van der Waals surface area contributed by atoms with Gasteiger partial charge in [0.2, 0.25) is 5.91 Å². The monoisotopic (exact) mass is 483 g/mol. The third-order valence-electron chi connectivity index (χ3n) is 5.72. The maximum absolute atomic E-state index is 13.3. The van der Waals surface area contributed by atoms with Crippen molar-refractivity contribution in [3.8, 4) is 11.1 Å². The Morgan fingerprint density at radius 3 is 2.56 bits per heavy atom. The van der Waals surface area contributed by atoms with E-state index in [4.69, 9.17) is 8.83 Å². The van der Waals surface area contributed by atoms with Crippen LogP contribution >= 0.6 is 11.8 Å². The van der Waals surface area contributed by atoms with Crippen LogP contribution < -0.4 is 10.9 Å². The number of amides is 1. The van der Waals surface area contributed by atoms with E-state index in [2.05, 4.69) is 5.32 Å². The van der Waals surface area contributed by atoms with E-state index >= 15 is 0 Å². The second kappa shape index (κ2) is 9.72. The van der Waals surface area contributed by atoms with Gasteiger partial charge in [-0.1, -0.05) is 12.1 Å². The van der Waals surface area contributed by atoms with Gasteiger partial charge < -0.3 is 19.3 Å². The first-order chi connectivity index (χ1) is 16.3. The molecule has 1 atom stereocenters. The molecule has 0 aliphatic carbocycles. The molecule has 176 valence electrons. The maximum Gasteiger partial charge on any atom is 0.340 e. The first-order valence-corrected chi connectivity index (χ1v) is 11.9. The minimum atomic E-state index is -1.12. The molecule has 0 unspecified atom stereocenters. The van der Waals surface area contributed by atoms with Gasteiger partial charge in [0, 0.05) is 22.4 Å². The SMILES string of the molecule is CSCC[C@H](NC(=O)Cc1c(C)c2cc3c(-c4ccc(F)cc4)coc3cc2oc1=O)C(=O)O. The van der Waals surface area contributed by atoms with Gasteiger partial charge in [-0.15, -0.1) is 0 Å². The van der Waals surface area contributed by atoms with Crippen molar-refractivity contribution < 1.29 is 27.9 Å². The summed E-state index contributed by atoms with van der Waals surface area (Å²) in [6, 6.07) is 8.40. The molecular formula is C25H22FNO6S. The van der Waals surface area contributed by atoms with Crippen LogP contribution in [0.2, 0.25) is 0 Å². The van der Waals surface area contributed by atoms with Gasteiger partial charge in [0.25, 0.3) is 0 Å². The summed E-state index contributed by atoms with van der Waals surface area (Å²) < 4.78 is 24.4. The molecule has 0 spiro atoms. The van der Waals surface area contributed by atoms with Crippen LogP contribution in [0.4, 0.5) is 4.39 Å². The van der Waals surface area contributed by atoms with Crippen LogP contribution in [-0.4, -0.2) is 35.0 Å². The molecule has 9 heteroatoms. The van der Waals surface area contributed by atoms with Crippen LogP contribution in [-0.2, 0) is 16.0 Å². The number of halogens is 1. The summed E-state index contributed by atoms with van der Waals surface area (Å²) in [5.74, 6) is -1.47. The summed E-state index contributed by atoms with van der Waals surface area (Å²) >= 11 is 1.48. The molecule has 0 radical (unpaired) electrons. The second-order valence-corrected chi connectivity index (χ2v) is 8.90. The van der Waals surface area contributed by atoms with Gasteiger partial charge >= 0.3 is 11.6 Å². The van der Waals surface area contributed by atoms with Gasteiger partial charge in [0.1, 0.15) is 23.0 Å². The Hall–Kier alpha value is -3.59. The number of aryl methyl sites for hydroxylation is 1. The average molecular weight is 484 g/mol. The van der Waals surface area contributed by atoms with E-state index in [1.165, 1.54) is 23.9 Å². The number of furan rings is 1. The number of carbonyl (C=O) groups excluding carboxylic acids is 1. The zero-order valence-electron chi connectivity index (χ0n) is 18.5. The number of aliphatic carboxylic acids is 1. The largest absolute Gasteiger partial charge is 0.480 e. The molecule has 0 bridgehead atoms. The Bertz CT molecular complexity index is 1440. The molecule has 7 nitrogen and oxygen atoms in total. The topological polar surface area (TPSA) is 110 Å². The standard InChI is InChI=1S/C25H22FNO6S/c1-13-16-9-18-19(14-3-5-15(26)6-4-14)12-32-21(18)11-22(16)33-25(31)17(13)10-23(28)27-20(24(29)30)7-8-34-2/h3-6,9,11-12,20H,7-8,10H2,1-2H3,(H,27,28)(H,29,30)/t20-/m0/s1. The summed E-state index contributed by atoms with van der Waals surface area (Å²) in [5, 5.41) is 13.2. The lowest BCUT2D eigenvalue weighted by atomic mass is 9.99. The fourth-order valence-electron chi connectivity index (χ4n) is 3.87. The van der Waals surface area contributed by atoms with Crippen molar-refractivity contribution in [2.24, 2.45) is 0 Å². The molecule has 2 heterocycles. The van der Waals surface area contributed by atoms with Gasteiger partial charge in [0.15, 0.2) is 0 Å². The number of carboxylic acid groups (broad SMARTS) is 1. The fraction of sp³-hybridized carbons (Fsp3) is 0.240. The Morgan fingerprint density at radius 2 is 1.88 bits per heavy atom. The molecule has 0 aliphatic rings. The number of fused-ring (bicyclic) bond motifs is 2. The first-order valence-electron chi connectivity index (χ1n) is 10.5. The zero-order chi connectivity index (χ0) is 24.4. The van der Waals surface area contributed by atoms with Crippen molar-refractivity contribution in [3.63, 3.8) is 0 Å². The van der Waals surface area contributed by atoms with Crippen LogP contribution in [0.25, 0.3) is 33.1 Å². The normalized spacial score (nSPS) is 12.2. The molecule has 0 fully saturated rings. The fourth-order valence-corrected chi connectivity index (χ4v) is 4.34. The van der Waals surface area contributed by atoms with Crippen molar-refractivity contribution in [1.82, 2.24) is 5.32 Å². The van der Waals surface area contributed by atoms with Crippen LogP contribution in [0.3, 0.4) is 0 Å². The third-order valence-corrected chi connectivity index (χ3v) is 6.36. The summed E-state index contributed by atoms with van der Waals surface area (Å²) in [5.41, 5.74) is 2.37. The Labute approximate surface area is 197 Å². The van der Waals surface area contributed by atoms with Crippen molar-refractivity contribution in [2.75, 3.05) is 12.0 Å². The van der Waals surface area contributed by atoms with E-state index < -0.39 is 23.5 Å². The molecule has 4 aromatic rings. The lowest BCUT2D eigenvalue weighted by molar-refractivity contribution is -0.141. The molecule has 4 rings (SSSR count). The highest BCUT2D eigenvalue weighted by molar-refractivity contribution is 7.98. The number of nitrogens with one attached hydrogen (secondary N) is 1. The van der Waals surface area contributed by atoms with Crippen LogP contribution in [0.1, 0.15) is 17.5 Å². The van der Waals surface area contributed by atoms with E-state index in [0.717, 1.165) is 16.5 Å². The van der Waals surface area contributed by atoms with E-state index in [-0.39, 0.29) is 24.2 Å². The smallest absolute Gasteiger partial charge is 0.340 e. The summed E-state index contributed by atoms with van der Waals surface area (Å²) in [7, 11) is 0. The Balaban J connectivity index is 1.71. The first kappa shape index (κ1) is 23.6. The third kappa shape index (κ3) is 4.70. The number of carboxylic acids is 1. The number of benzene rings is 2. The molecule has 2 aromatic carbocycles. The number of hydrogen-bond donors (Lipinski definition) is 2. The van der Waals surface area contributed by atoms with Gasteiger partial charge in [-0.3, -0.25) is 4.79 Å². The summed E-state index contributed by atoms with van der Waals surface area (Å²) in [4.78, 5) is 36.6. The minimum Gasteiger partial charge on any atom is -0.480 e. The van der Waals surface area contributed by atoms with Gasteiger partial charge in [-0.2, -0.15) is 11.8 Å². The molecule has 1 amide bonds. The molecule has 0 saturated heterocycles. The zero-order valence-corrected chi connectivity index (χ0v) is 19.3. The van der Waals surface area contributed by atoms with Gasteiger partial charge in [-0.25, -0.2) is 14.0 Å². The molecule has 0 saturated carbocycles. The van der Waals surface area contributed by atoms with Crippen molar-refractivity contribution in [3.05, 3.63) is 70.0 Å². The highest BCUT2D eigenvalue weighted by Gasteiger charge is 2.22. The van der Waals surface area contributed by atoms with Crippen molar-refractivity contribution in [2.45, 2.75) is 25.8 Å². The predicted octanol–water partition coefficient (Wildman–Crippen LogP) is 4.52. The summed E-state index contributed by atoms with van der Waals surface area (Å²) in [6.45, 7) is 1.72. The maximum atomic E-state index is 13.3. The number of carbonyl (C=O) groups is 2. The Morgan fingerprint density at radius 1 is 1.15 bits per heavy atom. The number of thioether (sulfide) groups is 1. The van der Waals surface area contributed by atoms with Crippen LogP contribution in [0.15, 0.2) is 56.3 Å². The van der Waals surface area contributed by atoms with Gasteiger partial charge in [-0.05, 0) is 54.7 Å². The van der Waals surface area contributed by atoms with E-state index in [1.54, 1.807) is 31.4 Å². The molecular weight excluding hydrogens is 461 g/mol. The predicted molar refractivity (Wildman–Crippen MR) is 129 cm³/mol. The highest BCUT2D eigenvalue weighted by atomic mass is 32.2. The average Bonchev–Trinajstić information content (AvgIpc) is 3.21. The van der Waals surface area contributed by atoms with E-state index in [1.807, 2.05) is 12.3 Å². The number of hydrogen-bond acceptors (Lipinski definition) is 6. The Kier molecular flexibility index (Phi) is 6.74. The van der Waals surface area contributed by atoms with Crippen molar-refractivity contribution >= 4 is 45.6 Å². The van der Waals surface area contributed by atoms with Crippen LogP contribution in [0, 0.1) is 12.7 Å². The van der Waals surface area contributed by atoms with Crippen LogP contribution in [0.5, 0.6) is 0 Å². The molecule has 0 aliphatic heterocycles. The van der Waals surface area contributed by atoms with Crippen molar-refractivity contribution in [1.29, 1.82) is 0 Å². The summed E-state index contributed by atoms with van der Waals surface area (Å²) in [6.07, 6.45) is 3.38. The highest BCUT2D eigenvalue weighted by Crippen LogP contribution is 2.34. The van der Waals surface area contributed by atoms with Gasteiger partial charge in [0.05, 0.1) is 18.2 Å². The van der Waals surface area contributed by atoms with E-state index in [9.17, 15) is 23.9 Å². The molecule has 34 heavy (non-hydrogen) atoms. The quantitative estimate of drug-likeness (QED) is 0.355. The minimum absolute atomic E-state index is 0.158. The number of rotatable bonds is 8. The lowest BCUT2D eigenvalue weighted by Gasteiger charge is -2.14. The second-order valence-electron chi connectivity index (χ2n) is 7.91. The molecule has 2 aromatic heterocycles.